The van der Waals surface area contributed by atoms with Crippen LogP contribution in [-0.2, 0) is 23.0 Å². The third kappa shape index (κ3) is 4.40. The number of hydrogen-bond acceptors (Lipinski definition) is 4. The lowest BCUT2D eigenvalue weighted by atomic mass is 10.1. The molecule has 27 heavy (non-hydrogen) atoms. The summed E-state index contributed by atoms with van der Waals surface area (Å²) >= 11 is 0. The Bertz CT molecular complexity index is 918. The minimum Gasteiger partial charge on any atom is -0.493 e. The minimum atomic E-state index is -3.38. The monoisotopic (exact) mass is 384 g/mol. The van der Waals surface area contributed by atoms with E-state index in [0.29, 0.717) is 13.1 Å². The summed E-state index contributed by atoms with van der Waals surface area (Å²) in [5.41, 5.74) is 3.43. The summed E-state index contributed by atoms with van der Waals surface area (Å²) in [6, 6.07) is 15.9. The second-order valence-electron chi connectivity index (χ2n) is 6.97. The molecule has 2 heterocycles. The maximum atomic E-state index is 12.6. The fraction of sp³-hybridized carbons (Fsp3) is 0.333. The van der Waals surface area contributed by atoms with Crippen LogP contribution in [-0.4, -0.2) is 50.4 Å². The van der Waals surface area contributed by atoms with E-state index in [1.807, 2.05) is 36.4 Å². The smallest absolute Gasteiger partial charge is 0.236 e. The molecule has 0 saturated carbocycles. The largest absolute Gasteiger partial charge is 0.493 e. The van der Waals surface area contributed by atoms with Crippen LogP contribution in [0.25, 0.3) is 6.08 Å². The van der Waals surface area contributed by atoms with E-state index in [1.165, 1.54) is 16.5 Å². The van der Waals surface area contributed by atoms with E-state index in [-0.39, 0.29) is 0 Å². The summed E-state index contributed by atoms with van der Waals surface area (Å²) < 4.78 is 32.2. The third-order valence-electron chi connectivity index (χ3n) is 5.08. The molecule has 0 aromatic heterocycles. The molecule has 2 aromatic rings. The lowest BCUT2D eigenvalue weighted by molar-refractivity contribution is 0.182. The van der Waals surface area contributed by atoms with Gasteiger partial charge in [-0.05, 0) is 28.8 Å². The number of hydrogen-bond donors (Lipinski definition) is 0. The molecule has 2 aliphatic heterocycles. The van der Waals surface area contributed by atoms with Crippen LogP contribution in [0.5, 0.6) is 5.75 Å². The Morgan fingerprint density at radius 2 is 1.78 bits per heavy atom. The normalized spacial score (nSPS) is 18.5. The molecule has 6 heteroatoms. The first-order valence-corrected chi connectivity index (χ1v) is 10.8. The van der Waals surface area contributed by atoms with Crippen molar-refractivity contribution in [2.75, 3.05) is 32.8 Å². The fourth-order valence-electron chi connectivity index (χ4n) is 3.55. The molecule has 0 unspecified atom stereocenters. The second-order valence-corrected chi connectivity index (χ2v) is 8.79. The van der Waals surface area contributed by atoms with Crippen molar-refractivity contribution in [2.24, 2.45) is 0 Å². The van der Waals surface area contributed by atoms with Crippen LogP contribution in [0, 0.1) is 0 Å². The number of benzene rings is 2. The molecular weight excluding hydrogens is 360 g/mol. The average molecular weight is 385 g/mol. The number of sulfonamides is 1. The third-order valence-corrected chi connectivity index (χ3v) is 6.65. The Balaban J connectivity index is 1.33. The standard InChI is InChI=1S/C21H24N2O3S/c24-27(25,15-9-18-4-2-1-3-5-18)23-12-10-22(11-13-23)17-19-6-7-21-20(16-19)8-14-26-21/h1-7,9,15-16H,8,10-14,17H2/b15-9+. The zero-order valence-electron chi connectivity index (χ0n) is 15.3. The van der Waals surface area contributed by atoms with Crippen LogP contribution < -0.4 is 4.74 Å². The molecule has 0 atom stereocenters. The molecule has 1 saturated heterocycles. The predicted molar refractivity (Wildman–Crippen MR) is 107 cm³/mol. The van der Waals surface area contributed by atoms with Gasteiger partial charge in [0, 0.05) is 44.6 Å². The van der Waals surface area contributed by atoms with E-state index >= 15 is 0 Å². The predicted octanol–water partition coefficient (Wildman–Crippen LogP) is 2.74. The Labute approximate surface area is 160 Å². The van der Waals surface area contributed by atoms with Crippen LogP contribution in [0.1, 0.15) is 16.7 Å². The van der Waals surface area contributed by atoms with Crippen LogP contribution >= 0.6 is 0 Å². The van der Waals surface area contributed by atoms with Gasteiger partial charge in [0.05, 0.1) is 6.61 Å². The van der Waals surface area contributed by atoms with Gasteiger partial charge in [0.15, 0.2) is 0 Å². The van der Waals surface area contributed by atoms with Gasteiger partial charge in [0.25, 0.3) is 0 Å². The van der Waals surface area contributed by atoms with Gasteiger partial charge in [-0.15, -0.1) is 0 Å². The first-order chi connectivity index (χ1) is 13.1. The molecular formula is C21H24N2O3S. The summed E-state index contributed by atoms with van der Waals surface area (Å²) in [6.07, 6.45) is 2.64. The minimum absolute atomic E-state index is 0.523. The van der Waals surface area contributed by atoms with Gasteiger partial charge in [-0.25, -0.2) is 8.42 Å². The number of fused-ring (bicyclic) bond motifs is 1. The highest BCUT2D eigenvalue weighted by Gasteiger charge is 2.25. The van der Waals surface area contributed by atoms with Crippen LogP contribution in [0.15, 0.2) is 53.9 Å². The topological polar surface area (TPSA) is 49.9 Å². The molecule has 0 radical (unpaired) electrons. The maximum Gasteiger partial charge on any atom is 0.236 e. The molecule has 0 amide bonds. The van der Waals surface area contributed by atoms with Gasteiger partial charge in [-0.2, -0.15) is 4.31 Å². The van der Waals surface area contributed by atoms with Gasteiger partial charge >= 0.3 is 0 Å². The molecule has 0 N–H and O–H groups in total. The van der Waals surface area contributed by atoms with Crippen molar-refractivity contribution in [1.82, 2.24) is 9.21 Å². The van der Waals surface area contributed by atoms with Crippen molar-refractivity contribution < 1.29 is 13.2 Å². The highest BCUT2D eigenvalue weighted by molar-refractivity contribution is 7.92. The van der Waals surface area contributed by atoms with Gasteiger partial charge < -0.3 is 4.74 Å². The number of ether oxygens (including phenoxy) is 1. The molecule has 4 rings (SSSR count). The van der Waals surface area contributed by atoms with Crippen LogP contribution in [0.2, 0.25) is 0 Å². The molecule has 5 nitrogen and oxygen atoms in total. The molecule has 0 bridgehead atoms. The zero-order valence-corrected chi connectivity index (χ0v) is 16.1. The van der Waals surface area contributed by atoms with E-state index in [2.05, 4.69) is 17.0 Å². The summed E-state index contributed by atoms with van der Waals surface area (Å²) in [5, 5.41) is 1.32. The lowest BCUT2D eigenvalue weighted by Gasteiger charge is -2.33. The van der Waals surface area contributed by atoms with Crippen molar-refractivity contribution >= 4 is 16.1 Å². The van der Waals surface area contributed by atoms with E-state index in [4.69, 9.17) is 4.74 Å². The maximum absolute atomic E-state index is 12.6. The summed E-state index contributed by atoms with van der Waals surface area (Å²) in [7, 11) is -3.38. The average Bonchev–Trinajstić information content (AvgIpc) is 3.16. The molecule has 142 valence electrons. The summed E-state index contributed by atoms with van der Waals surface area (Å²) in [6.45, 7) is 4.15. The molecule has 2 aromatic carbocycles. The summed E-state index contributed by atoms with van der Waals surface area (Å²) in [5.74, 6) is 1.000. The van der Waals surface area contributed by atoms with Crippen LogP contribution in [0.3, 0.4) is 0 Å². The number of nitrogens with zero attached hydrogens (tertiary/aromatic N) is 2. The Morgan fingerprint density at radius 3 is 2.56 bits per heavy atom. The van der Waals surface area contributed by atoms with Gasteiger partial charge in [-0.1, -0.05) is 42.5 Å². The highest BCUT2D eigenvalue weighted by atomic mass is 32.2. The highest BCUT2D eigenvalue weighted by Crippen LogP contribution is 2.26. The van der Waals surface area contributed by atoms with Crippen molar-refractivity contribution in [3.8, 4) is 5.75 Å². The van der Waals surface area contributed by atoms with E-state index < -0.39 is 10.0 Å². The number of rotatable bonds is 5. The van der Waals surface area contributed by atoms with Gasteiger partial charge in [0.1, 0.15) is 5.75 Å². The Kier molecular flexibility index (Phi) is 5.29. The van der Waals surface area contributed by atoms with Crippen molar-refractivity contribution in [1.29, 1.82) is 0 Å². The quantitative estimate of drug-likeness (QED) is 0.795. The first kappa shape index (κ1) is 18.2. The number of piperazine rings is 1. The van der Waals surface area contributed by atoms with Crippen molar-refractivity contribution in [2.45, 2.75) is 13.0 Å². The lowest BCUT2D eigenvalue weighted by Crippen LogP contribution is -2.47. The molecule has 2 aliphatic rings. The molecule has 1 fully saturated rings. The van der Waals surface area contributed by atoms with E-state index in [0.717, 1.165) is 44.0 Å². The van der Waals surface area contributed by atoms with E-state index in [1.54, 1.807) is 10.4 Å². The summed E-state index contributed by atoms with van der Waals surface area (Å²) in [4.78, 5) is 2.31. The van der Waals surface area contributed by atoms with Crippen molar-refractivity contribution in [3.05, 3.63) is 70.6 Å². The SMILES string of the molecule is O=S(=O)(/C=C/c1ccccc1)N1CCN(Cc2ccc3c(c2)CCO3)CC1. The van der Waals surface area contributed by atoms with E-state index in [9.17, 15) is 8.42 Å². The van der Waals surface area contributed by atoms with Gasteiger partial charge in [-0.3, -0.25) is 4.90 Å². The molecule has 0 spiro atoms. The second kappa shape index (κ2) is 7.84. The van der Waals surface area contributed by atoms with Crippen molar-refractivity contribution in [3.63, 3.8) is 0 Å². The molecule has 0 aliphatic carbocycles. The Hall–Kier alpha value is -2.15. The van der Waals surface area contributed by atoms with Gasteiger partial charge in [0.2, 0.25) is 10.0 Å². The Morgan fingerprint density at radius 1 is 1.00 bits per heavy atom. The zero-order chi connectivity index (χ0) is 18.7. The van der Waals surface area contributed by atoms with Crippen LogP contribution in [0.4, 0.5) is 0 Å². The fourth-order valence-corrected chi connectivity index (χ4v) is 4.73. The first-order valence-electron chi connectivity index (χ1n) is 9.30.